The average Bonchev–Trinajstić information content (AvgIpc) is 2.97. The summed E-state index contributed by atoms with van der Waals surface area (Å²) in [6, 6.07) is 10.4. The highest BCUT2D eigenvalue weighted by atomic mass is 32.1. The van der Waals surface area contributed by atoms with Crippen LogP contribution < -0.4 is 10.6 Å². The summed E-state index contributed by atoms with van der Waals surface area (Å²) >= 11 is 1.57. The van der Waals surface area contributed by atoms with E-state index in [1.54, 1.807) is 11.3 Å². The predicted octanol–water partition coefficient (Wildman–Crippen LogP) is 2.81. The van der Waals surface area contributed by atoms with Gasteiger partial charge in [-0.1, -0.05) is 18.2 Å². The third-order valence-corrected chi connectivity index (χ3v) is 4.69. The van der Waals surface area contributed by atoms with E-state index in [1.165, 1.54) is 21.6 Å². The number of nitrogens with one attached hydrogen (secondary N) is 2. The molecule has 2 N–H and O–H groups in total. The maximum atomic E-state index is 11.9. The Hall–Kier alpha value is -1.65. The summed E-state index contributed by atoms with van der Waals surface area (Å²) < 4.78 is 0. The topological polar surface area (TPSA) is 41.1 Å². The Morgan fingerprint density at radius 1 is 1.35 bits per heavy atom. The van der Waals surface area contributed by atoms with Gasteiger partial charge >= 0.3 is 0 Å². The zero-order chi connectivity index (χ0) is 13.9. The minimum atomic E-state index is 0.0233. The third kappa shape index (κ3) is 2.49. The number of rotatable bonds is 3. The van der Waals surface area contributed by atoms with Crippen LogP contribution in [0.3, 0.4) is 0 Å². The second kappa shape index (κ2) is 5.77. The molecule has 0 saturated carbocycles. The Morgan fingerprint density at radius 3 is 3.10 bits per heavy atom. The lowest BCUT2D eigenvalue weighted by Crippen LogP contribution is -2.23. The molecule has 1 aromatic carbocycles. The van der Waals surface area contributed by atoms with Crippen molar-refractivity contribution in [2.24, 2.45) is 0 Å². The maximum absolute atomic E-state index is 11.9. The zero-order valence-electron chi connectivity index (χ0n) is 11.5. The molecule has 0 unspecified atom stereocenters. The number of benzene rings is 1. The number of hydrogen-bond donors (Lipinski definition) is 2. The van der Waals surface area contributed by atoms with Gasteiger partial charge in [0.05, 0.1) is 4.88 Å². The van der Waals surface area contributed by atoms with Gasteiger partial charge < -0.3 is 10.6 Å². The Morgan fingerprint density at radius 2 is 2.25 bits per heavy atom. The van der Waals surface area contributed by atoms with E-state index >= 15 is 0 Å². The van der Waals surface area contributed by atoms with Crippen LogP contribution in [-0.4, -0.2) is 19.0 Å². The molecular weight excluding hydrogens is 268 g/mol. The summed E-state index contributed by atoms with van der Waals surface area (Å²) in [7, 11) is 0. The van der Waals surface area contributed by atoms with E-state index in [0.717, 1.165) is 24.4 Å². The van der Waals surface area contributed by atoms with Crippen molar-refractivity contribution < 1.29 is 4.79 Å². The monoisotopic (exact) mass is 286 g/mol. The van der Waals surface area contributed by atoms with Gasteiger partial charge in [-0.2, -0.15) is 0 Å². The smallest absolute Gasteiger partial charge is 0.261 e. The summed E-state index contributed by atoms with van der Waals surface area (Å²) in [6.45, 7) is 4.57. The van der Waals surface area contributed by atoms with Crippen molar-refractivity contribution in [2.75, 3.05) is 13.1 Å². The first kappa shape index (κ1) is 13.3. The highest BCUT2D eigenvalue weighted by Crippen LogP contribution is 2.33. The molecule has 4 heteroatoms. The van der Waals surface area contributed by atoms with Crippen LogP contribution in [0.2, 0.25) is 0 Å². The Labute approximate surface area is 123 Å². The SMILES string of the molecule is CCNC(=O)c1ccc(-c2cccc3c2CCNC3)s1. The summed E-state index contributed by atoms with van der Waals surface area (Å²) in [6.07, 6.45) is 1.06. The minimum absolute atomic E-state index is 0.0233. The van der Waals surface area contributed by atoms with E-state index in [-0.39, 0.29) is 5.91 Å². The van der Waals surface area contributed by atoms with Crippen LogP contribution in [-0.2, 0) is 13.0 Å². The second-order valence-electron chi connectivity index (χ2n) is 4.89. The number of hydrogen-bond acceptors (Lipinski definition) is 3. The van der Waals surface area contributed by atoms with E-state index in [9.17, 15) is 4.79 Å². The highest BCUT2D eigenvalue weighted by molar-refractivity contribution is 7.17. The fourth-order valence-electron chi connectivity index (χ4n) is 2.62. The molecule has 0 bridgehead atoms. The normalized spacial score (nSPS) is 13.8. The molecule has 104 valence electrons. The average molecular weight is 286 g/mol. The van der Waals surface area contributed by atoms with Gasteiger partial charge in [0.1, 0.15) is 0 Å². The van der Waals surface area contributed by atoms with Crippen molar-refractivity contribution >= 4 is 17.2 Å². The Balaban J connectivity index is 1.96. The number of fused-ring (bicyclic) bond motifs is 1. The molecule has 1 aliphatic rings. The van der Waals surface area contributed by atoms with Gasteiger partial charge in [-0.15, -0.1) is 11.3 Å². The van der Waals surface area contributed by atoms with Gasteiger partial charge in [0.2, 0.25) is 0 Å². The lowest BCUT2D eigenvalue weighted by Gasteiger charge is -2.19. The lowest BCUT2D eigenvalue weighted by atomic mass is 9.95. The molecule has 1 aromatic heterocycles. The molecule has 0 radical (unpaired) electrons. The van der Waals surface area contributed by atoms with Crippen LogP contribution >= 0.6 is 11.3 Å². The molecule has 1 amide bonds. The number of carbonyl (C=O) groups excluding carboxylic acids is 1. The lowest BCUT2D eigenvalue weighted by molar-refractivity contribution is 0.0960. The summed E-state index contributed by atoms with van der Waals surface area (Å²) in [5.41, 5.74) is 4.09. The number of carbonyl (C=O) groups is 1. The van der Waals surface area contributed by atoms with Gasteiger partial charge in [0, 0.05) is 18.0 Å². The fraction of sp³-hybridized carbons (Fsp3) is 0.312. The molecule has 0 fully saturated rings. The molecule has 20 heavy (non-hydrogen) atoms. The van der Waals surface area contributed by atoms with E-state index in [1.807, 2.05) is 13.0 Å². The largest absolute Gasteiger partial charge is 0.352 e. The zero-order valence-corrected chi connectivity index (χ0v) is 12.3. The molecule has 3 nitrogen and oxygen atoms in total. The van der Waals surface area contributed by atoms with Crippen LogP contribution in [0.4, 0.5) is 0 Å². The van der Waals surface area contributed by atoms with Crippen LogP contribution in [0.1, 0.15) is 27.7 Å². The van der Waals surface area contributed by atoms with E-state index < -0.39 is 0 Å². The quantitative estimate of drug-likeness (QED) is 0.911. The van der Waals surface area contributed by atoms with E-state index in [0.29, 0.717) is 6.54 Å². The van der Waals surface area contributed by atoms with E-state index in [4.69, 9.17) is 0 Å². The van der Waals surface area contributed by atoms with Crippen molar-refractivity contribution in [1.29, 1.82) is 0 Å². The Kier molecular flexibility index (Phi) is 3.85. The molecule has 2 heterocycles. The number of thiophene rings is 1. The van der Waals surface area contributed by atoms with Crippen molar-refractivity contribution in [1.82, 2.24) is 10.6 Å². The maximum Gasteiger partial charge on any atom is 0.261 e. The summed E-state index contributed by atoms with van der Waals surface area (Å²) in [5.74, 6) is 0.0233. The first-order valence-corrected chi connectivity index (χ1v) is 7.81. The van der Waals surface area contributed by atoms with Crippen molar-refractivity contribution in [3.05, 3.63) is 46.3 Å². The molecule has 1 aliphatic heterocycles. The van der Waals surface area contributed by atoms with Crippen LogP contribution in [0.25, 0.3) is 10.4 Å². The summed E-state index contributed by atoms with van der Waals surface area (Å²) in [5, 5.41) is 6.25. The molecule has 0 spiro atoms. The van der Waals surface area contributed by atoms with Crippen molar-refractivity contribution in [2.45, 2.75) is 19.9 Å². The molecule has 0 aliphatic carbocycles. The van der Waals surface area contributed by atoms with Crippen molar-refractivity contribution in [3.8, 4) is 10.4 Å². The standard InChI is InChI=1S/C16H18N2OS/c1-2-18-16(19)15-7-6-14(20-15)13-5-3-4-11-10-17-9-8-12(11)13/h3-7,17H,2,8-10H2,1H3,(H,18,19). The van der Waals surface area contributed by atoms with Crippen molar-refractivity contribution in [3.63, 3.8) is 0 Å². The van der Waals surface area contributed by atoms with Gasteiger partial charge in [0.25, 0.3) is 5.91 Å². The fourth-order valence-corrected chi connectivity index (χ4v) is 3.59. The third-order valence-electron chi connectivity index (χ3n) is 3.57. The van der Waals surface area contributed by atoms with Gasteiger partial charge in [-0.25, -0.2) is 0 Å². The highest BCUT2D eigenvalue weighted by Gasteiger charge is 2.16. The van der Waals surface area contributed by atoms with Gasteiger partial charge in [0.15, 0.2) is 0 Å². The molecule has 0 atom stereocenters. The minimum Gasteiger partial charge on any atom is -0.352 e. The first-order valence-electron chi connectivity index (χ1n) is 6.99. The van der Waals surface area contributed by atoms with Gasteiger partial charge in [-0.3, -0.25) is 4.79 Å². The molecule has 2 aromatic rings. The van der Waals surface area contributed by atoms with Crippen LogP contribution in [0.5, 0.6) is 0 Å². The summed E-state index contributed by atoms with van der Waals surface area (Å²) in [4.78, 5) is 13.8. The van der Waals surface area contributed by atoms with E-state index in [2.05, 4.69) is 34.9 Å². The van der Waals surface area contributed by atoms with Crippen LogP contribution in [0, 0.1) is 0 Å². The molecular formula is C16H18N2OS. The molecule has 0 saturated heterocycles. The van der Waals surface area contributed by atoms with Gasteiger partial charge in [-0.05, 0) is 48.7 Å². The second-order valence-corrected chi connectivity index (χ2v) is 5.98. The molecule has 3 rings (SSSR count). The van der Waals surface area contributed by atoms with Crippen LogP contribution in [0.15, 0.2) is 30.3 Å². The number of amides is 1. The Bertz CT molecular complexity index is 633. The first-order chi connectivity index (χ1) is 9.79. The predicted molar refractivity (Wildman–Crippen MR) is 83.2 cm³/mol.